The summed E-state index contributed by atoms with van der Waals surface area (Å²) in [6, 6.07) is 8.29. The van der Waals surface area contributed by atoms with E-state index in [0.717, 1.165) is 5.56 Å². The lowest BCUT2D eigenvalue weighted by molar-refractivity contribution is 0.0939. The largest absolute Gasteiger partial charge is 0.507 e. The van der Waals surface area contributed by atoms with Gasteiger partial charge < -0.3 is 10.4 Å². The topological polar surface area (TPSA) is 62.2 Å². The zero-order chi connectivity index (χ0) is 13.8. The third-order valence-corrected chi connectivity index (χ3v) is 3.41. The molecule has 0 saturated carbocycles. The van der Waals surface area contributed by atoms with E-state index in [0.29, 0.717) is 10.0 Å². The Hall–Kier alpha value is -1.88. The molecule has 98 valence electrons. The highest BCUT2D eigenvalue weighted by Crippen LogP contribution is 2.24. The molecule has 1 heterocycles. The van der Waals surface area contributed by atoms with Crippen molar-refractivity contribution in [2.75, 3.05) is 0 Å². The lowest BCUT2D eigenvalue weighted by Gasteiger charge is -2.14. The molecule has 0 fully saturated rings. The Kier molecular flexibility index (Phi) is 4.16. The van der Waals surface area contributed by atoms with E-state index in [1.165, 1.54) is 6.07 Å². The SMILES string of the molecule is CC(NC(=O)c1ccc(Br)c(O)c1)c1cccnc1. The van der Waals surface area contributed by atoms with Gasteiger partial charge in [0.1, 0.15) is 5.75 Å². The molecule has 0 aliphatic rings. The molecule has 1 aromatic carbocycles. The van der Waals surface area contributed by atoms with E-state index in [1.54, 1.807) is 24.5 Å². The van der Waals surface area contributed by atoms with Crippen LogP contribution in [0.5, 0.6) is 5.75 Å². The number of hydrogen-bond acceptors (Lipinski definition) is 3. The average molecular weight is 321 g/mol. The molecule has 0 radical (unpaired) electrons. The summed E-state index contributed by atoms with van der Waals surface area (Å²) in [4.78, 5) is 16.0. The third-order valence-electron chi connectivity index (χ3n) is 2.74. The Labute approximate surface area is 119 Å². The Balaban J connectivity index is 2.11. The number of pyridine rings is 1. The van der Waals surface area contributed by atoms with Crippen LogP contribution in [-0.4, -0.2) is 16.0 Å². The van der Waals surface area contributed by atoms with Crippen LogP contribution in [0.25, 0.3) is 0 Å². The first-order chi connectivity index (χ1) is 9.08. The first-order valence-electron chi connectivity index (χ1n) is 5.77. The van der Waals surface area contributed by atoms with Crippen molar-refractivity contribution < 1.29 is 9.90 Å². The van der Waals surface area contributed by atoms with Crippen LogP contribution in [0.1, 0.15) is 28.9 Å². The predicted molar refractivity (Wildman–Crippen MR) is 75.9 cm³/mol. The number of carbonyl (C=O) groups is 1. The smallest absolute Gasteiger partial charge is 0.251 e. The van der Waals surface area contributed by atoms with Crippen molar-refractivity contribution in [3.05, 3.63) is 58.3 Å². The van der Waals surface area contributed by atoms with E-state index >= 15 is 0 Å². The number of hydrogen-bond donors (Lipinski definition) is 2. The number of nitrogens with zero attached hydrogens (tertiary/aromatic N) is 1. The standard InChI is InChI=1S/C14H13BrN2O2/c1-9(11-3-2-6-16-8-11)17-14(19)10-4-5-12(15)13(18)7-10/h2-9,18H,1H3,(H,17,19). The zero-order valence-corrected chi connectivity index (χ0v) is 11.9. The van der Waals surface area contributed by atoms with Gasteiger partial charge in [0, 0.05) is 18.0 Å². The minimum Gasteiger partial charge on any atom is -0.507 e. The number of benzene rings is 1. The van der Waals surface area contributed by atoms with E-state index in [1.807, 2.05) is 19.1 Å². The first-order valence-corrected chi connectivity index (χ1v) is 6.56. The number of aromatic hydroxyl groups is 1. The molecule has 1 amide bonds. The fraction of sp³-hybridized carbons (Fsp3) is 0.143. The van der Waals surface area contributed by atoms with Gasteiger partial charge in [0.05, 0.1) is 10.5 Å². The minimum atomic E-state index is -0.237. The molecule has 0 bridgehead atoms. The molecule has 2 rings (SSSR count). The molecule has 4 nitrogen and oxygen atoms in total. The highest BCUT2D eigenvalue weighted by atomic mass is 79.9. The second-order valence-corrected chi connectivity index (χ2v) is 5.00. The van der Waals surface area contributed by atoms with Crippen molar-refractivity contribution in [3.63, 3.8) is 0 Å². The van der Waals surface area contributed by atoms with Crippen molar-refractivity contribution in [2.24, 2.45) is 0 Å². The molecule has 1 unspecified atom stereocenters. The molecule has 5 heteroatoms. The number of aromatic nitrogens is 1. The molecular formula is C14H13BrN2O2. The summed E-state index contributed by atoms with van der Waals surface area (Å²) in [6.45, 7) is 1.88. The highest BCUT2D eigenvalue weighted by Gasteiger charge is 2.12. The molecule has 0 aliphatic heterocycles. The van der Waals surface area contributed by atoms with E-state index in [9.17, 15) is 9.90 Å². The first kappa shape index (κ1) is 13.5. The fourth-order valence-corrected chi connectivity index (χ4v) is 1.90. The third kappa shape index (κ3) is 3.32. The maximum absolute atomic E-state index is 12.0. The van der Waals surface area contributed by atoms with Gasteiger partial charge in [-0.15, -0.1) is 0 Å². The van der Waals surface area contributed by atoms with Gasteiger partial charge in [-0.25, -0.2) is 0 Å². The van der Waals surface area contributed by atoms with E-state index < -0.39 is 0 Å². The lowest BCUT2D eigenvalue weighted by atomic mass is 10.1. The van der Waals surface area contributed by atoms with Gasteiger partial charge in [-0.2, -0.15) is 0 Å². The van der Waals surface area contributed by atoms with Crippen LogP contribution in [0, 0.1) is 0 Å². The van der Waals surface area contributed by atoms with Crippen molar-refractivity contribution >= 4 is 21.8 Å². The van der Waals surface area contributed by atoms with Gasteiger partial charge in [-0.1, -0.05) is 6.07 Å². The molecular weight excluding hydrogens is 308 g/mol. The minimum absolute atomic E-state index is 0.0432. The normalized spacial score (nSPS) is 11.9. The Bertz CT molecular complexity index is 587. The van der Waals surface area contributed by atoms with Gasteiger partial charge in [0.15, 0.2) is 0 Å². The zero-order valence-electron chi connectivity index (χ0n) is 10.3. The molecule has 19 heavy (non-hydrogen) atoms. The van der Waals surface area contributed by atoms with Gasteiger partial charge >= 0.3 is 0 Å². The second kappa shape index (κ2) is 5.84. The Morgan fingerprint density at radius 2 is 2.21 bits per heavy atom. The summed E-state index contributed by atoms with van der Waals surface area (Å²) in [5.41, 5.74) is 1.34. The van der Waals surface area contributed by atoms with Crippen molar-refractivity contribution in [2.45, 2.75) is 13.0 Å². The predicted octanol–water partition coefficient (Wildman–Crippen LogP) is 3.04. The van der Waals surface area contributed by atoms with E-state index in [2.05, 4.69) is 26.2 Å². The fourth-order valence-electron chi connectivity index (χ4n) is 1.65. The van der Waals surface area contributed by atoms with Crippen LogP contribution >= 0.6 is 15.9 Å². The van der Waals surface area contributed by atoms with Crippen LogP contribution in [0.3, 0.4) is 0 Å². The number of phenols is 1. The number of phenolic OH excluding ortho intramolecular Hbond substituents is 1. The van der Waals surface area contributed by atoms with Gasteiger partial charge in [-0.3, -0.25) is 9.78 Å². The number of carbonyl (C=O) groups excluding carboxylic acids is 1. The van der Waals surface area contributed by atoms with Gasteiger partial charge in [0.2, 0.25) is 0 Å². The monoisotopic (exact) mass is 320 g/mol. The van der Waals surface area contributed by atoms with Crippen LogP contribution < -0.4 is 5.32 Å². The average Bonchev–Trinajstić information content (AvgIpc) is 2.42. The molecule has 0 aliphatic carbocycles. The molecule has 2 N–H and O–H groups in total. The molecule has 0 saturated heterocycles. The number of rotatable bonds is 3. The van der Waals surface area contributed by atoms with Gasteiger partial charge in [-0.05, 0) is 52.7 Å². The highest BCUT2D eigenvalue weighted by molar-refractivity contribution is 9.10. The molecule has 0 spiro atoms. The summed E-state index contributed by atoms with van der Waals surface area (Å²) in [7, 11) is 0. The van der Waals surface area contributed by atoms with E-state index in [-0.39, 0.29) is 17.7 Å². The second-order valence-electron chi connectivity index (χ2n) is 4.15. The van der Waals surface area contributed by atoms with Gasteiger partial charge in [0.25, 0.3) is 5.91 Å². The molecule has 2 aromatic rings. The maximum Gasteiger partial charge on any atom is 0.251 e. The Morgan fingerprint density at radius 1 is 1.42 bits per heavy atom. The lowest BCUT2D eigenvalue weighted by Crippen LogP contribution is -2.26. The van der Waals surface area contributed by atoms with Crippen molar-refractivity contribution in [3.8, 4) is 5.75 Å². The van der Waals surface area contributed by atoms with Crippen LogP contribution in [0.15, 0.2) is 47.2 Å². The number of halogens is 1. The van der Waals surface area contributed by atoms with Crippen molar-refractivity contribution in [1.29, 1.82) is 0 Å². The summed E-state index contributed by atoms with van der Waals surface area (Å²) in [5.74, 6) is -0.194. The summed E-state index contributed by atoms with van der Waals surface area (Å²) < 4.78 is 0.560. The summed E-state index contributed by atoms with van der Waals surface area (Å²) in [6.07, 6.45) is 3.40. The number of amides is 1. The van der Waals surface area contributed by atoms with Crippen LogP contribution in [0.2, 0.25) is 0 Å². The van der Waals surface area contributed by atoms with Crippen molar-refractivity contribution in [1.82, 2.24) is 10.3 Å². The summed E-state index contributed by atoms with van der Waals surface area (Å²) >= 11 is 3.18. The number of nitrogens with one attached hydrogen (secondary N) is 1. The molecule has 1 aromatic heterocycles. The van der Waals surface area contributed by atoms with Crippen LogP contribution in [-0.2, 0) is 0 Å². The maximum atomic E-state index is 12.0. The van der Waals surface area contributed by atoms with Crippen LogP contribution in [0.4, 0.5) is 0 Å². The molecule has 1 atom stereocenters. The summed E-state index contributed by atoms with van der Waals surface area (Å²) in [5, 5.41) is 12.4. The Morgan fingerprint density at radius 3 is 2.84 bits per heavy atom. The quantitative estimate of drug-likeness (QED) is 0.913. The van der Waals surface area contributed by atoms with E-state index in [4.69, 9.17) is 0 Å².